The van der Waals surface area contributed by atoms with Crippen LogP contribution in [0.1, 0.15) is 35.2 Å². The van der Waals surface area contributed by atoms with E-state index in [0.717, 1.165) is 5.56 Å². The van der Waals surface area contributed by atoms with Crippen LogP contribution in [0.5, 0.6) is 0 Å². The molecule has 1 aliphatic carbocycles. The van der Waals surface area contributed by atoms with Gasteiger partial charge in [0.1, 0.15) is 6.61 Å². The zero-order valence-corrected chi connectivity index (χ0v) is 15.4. The number of pyridine rings is 1. The molecule has 7 heteroatoms. The minimum absolute atomic E-state index is 0.0996. The molecule has 0 aliphatic heterocycles. The summed E-state index contributed by atoms with van der Waals surface area (Å²) in [5, 5.41) is 16.5. The van der Waals surface area contributed by atoms with Crippen molar-refractivity contribution in [2.75, 3.05) is 0 Å². The van der Waals surface area contributed by atoms with Crippen LogP contribution in [0.25, 0.3) is 0 Å². The van der Waals surface area contributed by atoms with E-state index in [1.807, 2.05) is 30.3 Å². The molecule has 1 aromatic carbocycles. The second-order valence-electron chi connectivity index (χ2n) is 7.34. The Labute approximate surface area is 161 Å². The SMILES string of the molecule is C[C@]1(O)Cc2[nH][nH]c(=O)c2[C@@H](c2cccnc2)[C@H]1C(=O)OCc1ccccc1. The lowest BCUT2D eigenvalue weighted by Gasteiger charge is -2.40. The molecule has 3 N–H and O–H groups in total. The van der Waals surface area contributed by atoms with Crippen LogP contribution in [-0.2, 0) is 22.6 Å². The smallest absolute Gasteiger partial charge is 0.313 e. The first kappa shape index (κ1) is 18.2. The predicted molar refractivity (Wildman–Crippen MR) is 102 cm³/mol. The average molecular weight is 379 g/mol. The first-order valence-corrected chi connectivity index (χ1v) is 9.09. The number of nitrogens with one attached hydrogen (secondary N) is 2. The van der Waals surface area contributed by atoms with Gasteiger partial charge in [-0.25, -0.2) is 0 Å². The fourth-order valence-corrected chi connectivity index (χ4v) is 3.99. The van der Waals surface area contributed by atoms with Gasteiger partial charge in [-0.05, 0) is 24.1 Å². The first-order valence-electron chi connectivity index (χ1n) is 9.09. The summed E-state index contributed by atoms with van der Waals surface area (Å²) in [4.78, 5) is 29.7. The normalized spacial score (nSPS) is 23.8. The summed E-state index contributed by atoms with van der Waals surface area (Å²) in [5.74, 6) is -2.15. The Kier molecular flexibility index (Phi) is 4.60. The molecule has 144 valence electrons. The Morgan fingerprint density at radius 2 is 2.04 bits per heavy atom. The number of nitrogens with zero attached hydrogens (tertiary/aromatic N) is 1. The van der Waals surface area contributed by atoms with E-state index in [-0.39, 0.29) is 18.6 Å². The van der Waals surface area contributed by atoms with E-state index in [0.29, 0.717) is 16.8 Å². The molecule has 0 spiro atoms. The number of aliphatic hydroxyl groups is 1. The lowest BCUT2D eigenvalue weighted by atomic mass is 9.66. The molecule has 0 fully saturated rings. The summed E-state index contributed by atoms with van der Waals surface area (Å²) in [6.07, 6.45) is 3.37. The highest BCUT2D eigenvalue weighted by Crippen LogP contribution is 2.44. The van der Waals surface area contributed by atoms with Crippen LogP contribution in [0.3, 0.4) is 0 Å². The molecule has 0 unspecified atom stereocenters. The van der Waals surface area contributed by atoms with E-state index in [1.54, 1.807) is 31.5 Å². The Hall–Kier alpha value is -3.19. The van der Waals surface area contributed by atoms with E-state index >= 15 is 0 Å². The van der Waals surface area contributed by atoms with Crippen LogP contribution < -0.4 is 5.56 Å². The molecule has 28 heavy (non-hydrogen) atoms. The summed E-state index contributed by atoms with van der Waals surface area (Å²) in [7, 11) is 0. The summed E-state index contributed by atoms with van der Waals surface area (Å²) < 4.78 is 5.54. The highest BCUT2D eigenvalue weighted by molar-refractivity contribution is 5.77. The number of ether oxygens (including phenoxy) is 1. The van der Waals surface area contributed by atoms with E-state index in [1.165, 1.54) is 0 Å². The number of rotatable bonds is 4. The Morgan fingerprint density at radius 3 is 2.75 bits per heavy atom. The second kappa shape index (κ2) is 7.09. The maximum absolute atomic E-state index is 13.1. The topological polar surface area (TPSA) is 108 Å². The van der Waals surface area contributed by atoms with E-state index in [9.17, 15) is 14.7 Å². The number of H-pyrrole nitrogens is 2. The number of hydrogen-bond donors (Lipinski definition) is 3. The van der Waals surface area contributed by atoms with Crippen molar-refractivity contribution in [2.45, 2.75) is 31.5 Å². The highest BCUT2D eigenvalue weighted by Gasteiger charge is 2.51. The molecule has 7 nitrogen and oxygen atoms in total. The molecule has 1 aliphatic rings. The van der Waals surface area contributed by atoms with Crippen LogP contribution in [0.2, 0.25) is 0 Å². The third-order valence-electron chi connectivity index (χ3n) is 5.27. The van der Waals surface area contributed by atoms with Gasteiger partial charge in [-0.2, -0.15) is 0 Å². The Balaban J connectivity index is 1.73. The predicted octanol–water partition coefficient (Wildman–Crippen LogP) is 1.90. The number of carbonyl (C=O) groups is 1. The van der Waals surface area contributed by atoms with Gasteiger partial charge < -0.3 is 14.9 Å². The summed E-state index contributed by atoms with van der Waals surface area (Å²) in [5.41, 5.74) is 0.865. The van der Waals surface area contributed by atoms with Crippen molar-refractivity contribution in [2.24, 2.45) is 5.92 Å². The number of aromatic amines is 2. The van der Waals surface area contributed by atoms with Crippen molar-refractivity contribution in [3.63, 3.8) is 0 Å². The van der Waals surface area contributed by atoms with E-state index in [2.05, 4.69) is 15.2 Å². The van der Waals surface area contributed by atoms with Crippen molar-refractivity contribution in [1.82, 2.24) is 15.2 Å². The number of aromatic nitrogens is 3. The maximum Gasteiger partial charge on any atom is 0.313 e. The Bertz CT molecular complexity index is 1020. The summed E-state index contributed by atoms with van der Waals surface area (Å²) in [6, 6.07) is 12.9. The first-order chi connectivity index (χ1) is 13.5. The second-order valence-corrected chi connectivity index (χ2v) is 7.34. The van der Waals surface area contributed by atoms with Crippen LogP contribution >= 0.6 is 0 Å². The molecule has 3 atom stereocenters. The lowest BCUT2D eigenvalue weighted by molar-refractivity contribution is -0.161. The van der Waals surface area contributed by atoms with Crippen LogP contribution in [-0.4, -0.2) is 31.9 Å². The fourth-order valence-electron chi connectivity index (χ4n) is 3.99. The molecule has 2 aromatic heterocycles. The van der Waals surface area contributed by atoms with Crippen molar-refractivity contribution in [3.8, 4) is 0 Å². The fraction of sp³-hybridized carbons (Fsp3) is 0.286. The molecule has 0 radical (unpaired) electrons. The van der Waals surface area contributed by atoms with Crippen LogP contribution in [0.15, 0.2) is 59.7 Å². The maximum atomic E-state index is 13.1. The Morgan fingerprint density at radius 1 is 1.25 bits per heavy atom. The molecule has 0 saturated heterocycles. The van der Waals surface area contributed by atoms with Gasteiger partial charge in [-0.15, -0.1) is 0 Å². The lowest BCUT2D eigenvalue weighted by Crippen LogP contribution is -2.50. The molecule has 0 bridgehead atoms. The van der Waals surface area contributed by atoms with Crippen molar-refractivity contribution in [1.29, 1.82) is 0 Å². The average Bonchev–Trinajstić information content (AvgIpc) is 3.05. The third kappa shape index (κ3) is 3.25. The van der Waals surface area contributed by atoms with Crippen molar-refractivity contribution >= 4 is 5.97 Å². The number of benzene rings is 1. The quantitative estimate of drug-likeness (QED) is 0.600. The van der Waals surface area contributed by atoms with Gasteiger partial charge in [0.15, 0.2) is 0 Å². The van der Waals surface area contributed by atoms with Gasteiger partial charge in [0.2, 0.25) is 0 Å². The minimum Gasteiger partial charge on any atom is -0.460 e. The minimum atomic E-state index is -1.40. The van der Waals surface area contributed by atoms with Gasteiger partial charge in [0.25, 0.3) is 5.56 Å². The summed E-state index contributed by atoms with van der Waals surface area (Å²) >= 11 is 0. The molecule has 3 aromatic rings. The number of fused-ring (bicyclic) bond motifs is 1. The largest absolute Gasteiger partial charge is 0.460 e. The van der Waals surface area contributed by atoms with Crippen molar-refractivity contribution < 1.29 is 14.6 Å². The van der Waals surface area contributed by atoms with E-state index < -0.39 is 23.4 Å². The monoisotopic (exact) mass is 379 g/mol. The number of carbonyl (C=O) groups excluding carboxylic acids is 1. The van der Waals surface area contributed by atoms with Crippen molar-refractivity contribution in [3.05, 3.63) is 87.6 Å². The molecule has 4 rings (SSSR count). The highest BCUT2D eigenvalue weighted by atomic mass is 16.5. The molecule has 0 amide bonds. The molecule has 2 heterocycles. The number of esters is 1. The zero-order chi connectivity index (χ0) is 19.7. The van der Waals surface area contributed by atoms with Gasteiger partial charge in [0, 0.05) is 36.0 Å². The van der Waals surface area contributed by atoms with E-state index in [4.69, 9.17) is 4.74 Å². The summed E-state index contributed by atoms with van der Waals surface area (Å²) in [6.45, 7) is 1.70. The van der Waals surface area contributed by atoms with Gasteiger partial charge >= 0.3 is 5.97 Å². The van der Waals surface area contributed by atoms with Gasteiger partial charge in [-0.3, -0.25) is 19.7 Å². The standard InChI is InChI=1S/C21H21N3O4/c1-21(27)10-15-17(19(25)24-23-15)16(14-8-5-9-22-11-14)18(21)20(26)28-12-13-6-3-2-4-7-13/h2-9,11,16,18,27H,10,12H2,1H3,(H2,23,24,25)/t16-,18+,21+/m1/s1. The van der Waals surface area contributed by atoms with Crippen LogP contribution in [0, 0.1) is 5.92 Å². The van der Waals surface area contributed by atoms with Crippen LogP contribution in [0.4, 0.5) is 0 Å². The third-order valence-corrected chi connectivity index (χ3v) is 5.27. The number of hydrogen-bond acceptors (Lipinski definition) is 5. The zero-order valence-electron chi connectivity index (χ0n) is 15.4. The molecule has 0 saturated carbocycles. The molecular weight excluding hydrogens is 358 g/mol. The molecular formula is C21H21N3O4. The van der Waals surface area contributed by atoms with Gasteiger partial charge in [0.05, 0.1) is 11.5 Å². The van der Waals surface area contributed by atoms with Gasteiger partial charge in [-0.1, -0.05) is 36.4 Å².